The summed E-state index contributed by atoms with van der Waals surface area (Å²) in [4.78, 5) is 55.5. The Morgan fingerprint density at radius 2 is 1.58 bits per heavy atom. The van der Waals surface area contributed by atoms with Crippen LogP contribution in [0.2, 0.25) is 0 Å². The molecule has 4 aliphatic rings. The van der Waals surface area contributed by atoms with Crippen LogP contribution in [0.5, 0.6) is 5.75 Å². The third kappa shape index (κ3) is 3.74. The summed E-state index contributed by atoms with van der Waals surface area (Å²) in [6.45, 7) is 3.72. The maximum absolute atomic E-state index is 14.9. The molecule has 3 N–H and O–H groups in total. The van der Waals surface area contributed by atoms with Gasteiger partial charge in [0.05, 0.1) is 28.9 Å². The maximum atomic E-state index is 14.9. The summed E-state index contributed by atoms with van der Waals surface area (Å²) < 4.78 is 0. The first-order chi connectivity index (χ1) is 20.6. The highest BCUT2D eigenvalue weighted by Gasteiger charge is 2.70. The lowest BCUT2D eigenvalue weighted by Gasteiger charge is -2.50. The number of allylic oxidation sites excluding steroid dienone is 2. The predicted octanol–water partition coefficient (Wildman–Crippen LogP) is 4.38. The van der Waals surface area contributed by atoms with Crippen LogP contribution < -0.4 is 5.43 Å². The highest BCUT2D eigenvalue weighted by atomic mass is 16.5. The number of imide groups is 2. The molecule has 2 aliphatic carbocycles. The minimum Gasteiger partial charge on any atom is -0.508 e. The zero-order valence-corrected chi connectivity index (χ0v) is 23.7. The van der Waals surface area contributed by atoms with Gasteiger partial charge in [-0.15, -0.1) is 0 Å². The van der Waals surface area contributed by atoms with E-state index in [0.717, 1.165) is 21.7 Å². The number of aromatic hydroxyl groups is 1. The fraction of sp³-hybridized carbons (Fsp3) is 0.294. The van der Waals surface area contributed by atoms with Crippen molar-refractivity contribution in [3.63, 3.8) is 0 Å². The van der Waals surface area contributed by atoms with Crippen LogP contribution in [0.3, 0.4) is 0 Å². The third-order valence-electron chi connectivity index (χ3n) is 9.92. The molecular formula is C34H31N3O6. The van der Waals surface area contributed by atoms with Crippen molar-refractivity contribution in [1.29, 1.82) is 0 Å². The molecule has 2 heterocycles. The van der Waals surface area contributed by atoms with Crippen molar-refractivity contribution in [2.24, 2.45) is 23.7 Å². The summed E-state index contributed by atoms with van der Waals surface area (Å²) in [6.07, 6.45) is 2.31. The fourth-order valence-electron chi connectivity index (χ4n) is 7.96. The molecule has 1 saturated carbocycles. The number of aryl methyl sites for hydroxylation is 2. The van der Waals surface area contributed by atoms with Crippen molar-refractivity contribution in [2.75, 3.05) is 5.43 Å². The second kappa shape index (κ2) is 9.64. The van der Waals surface area contributed by atoms with Gasteiger partial charge in [-0.2, -0.15) is 10.1 Å². The van der Waals surface area contributed by atoms with Gasteiger partial charge in [-0.05, 0) is 67.5 Å². The molecule has 3 aromatic carbocycles. The van der Waals surface area contributed by atoms with E-state index in [2.05, 4.69) is 5.43 Å². The fourth-order valence-corrected chi connectivity index (χ4v) is 7.96. The van der Waals surface area contributed by atoms with Gasteiger partial charge in [-0.25, -0.2) is 0 Å². The Bertz CT molecular complexity index is 1720. The first kappa shape index (κ1) is 27.1. The molecule has 43 heavy (non-hydrogen) atoms. The van der Waals surface area contributed by atoms with E-state index in [0.29, 0.717) is 16.8 Å². The van der Waals surface area contributed by atoms with Gasteiger partial charge in [-0.1, -0.05) is 71.8 Å². The number of fused-ring (bicyclic) bond motifs is 4. The minimum absolute atomic E-state index is 0.100. The normalized spacial score (nSPS) is 29.7. The molecule has 4 amide bonds. The molecule has 0 bridgehead atoms. The number of hydrazine groups is 1. The van der Waals surface area contributed by atoms with Crippen LogP contribution in [0, 0.1) is 37.5 Å². The van der Waals surface area contributed by atoms with Crippen molar-refractivity contribution in [2.45, 2.75) is 38.0 Å². The summed E-state index contributed by atoms with van der Waals surface area (Å²) in [6, 6.07) is 21.8. The number of amides is 4. The molecule has 7 rings (SSSR count). The number of carbonyl (C=O) groups excluding carboxylic acids is 4. The van der Waals surface area contributed by atoms with Crippen LogP contribution >= 0.6 is 0 Å². The van der Waals surface area contributed by atoms with E-state index in [1.165, 1.54) is 0 Å². The summed E-state index contributed by atoms with van der Waals surface area (Å²) >= 11 is 0. The first-order valence-corrected chi connectivity index (χ1v) is 14.5. The Kier molecular flexibility index (Phi) is 6.07. The summed E-state index contributed by atoms with van der Waals surface area (Å²) in [7, 11) is 0. The number of nitrogens with one attached hydrogen (secondary N) is 1. The van der Waals surface area contributed by atoms with Crippen LogP contribution in [0.4, 0.5) is 5.69 Å². The smallest absolute Gasteiger partial charge is 0.260 e. The molecule has 3 fully saturated rings. The zero-order valence-electron chi connectivity index (χ0n) is 23.7. The van der Waals surface area contributed by atoms with E-state index in [4.69, 9.17) is 0 Å². The zero-order chi connectivity index (χ0) is 30.2. The standard InChI is InChI=1S/C34H31N3O6/c1-18-8-11-22(12-9-18)35-36-31(40)26-17-25-23(13-14-24-28(25)32(41)37(43)30(24)39)29(20-10-15-27(38)19(2)16-20)34(26,33(36)42)21-6-4-3-5-7-21/h3-13,15-16,24-26,28-29,35,38,43H,14,17H2,1-2H3. The predicted molar refractivity (Wildman–Crippen MR) is 155 cm³/mol. The van der Waals surface area contributed by atoms with Crippen molar-refractivity contribution >= 4 is 29.3 Å². The van der Waals surface area contributed by atoms with Gasteiger partial charge < -0.3 is 5.11 Å². The van der Waals surface area contributed by atoms with Gasteiger partial charge in [0.2, 0.25) is 0 Å². The van der Waals surface area contributed by atoms with Crippen LogP contribution in [-0.4, -0.2) is 44.0 Å². The van der Waals surface area contributed by atoms with Gasteiger partial charge in [0.1, 0.15) is 5.75 Å². The molecule has 9 nitrogen and oxygen atoms in total. The van der Waals surface area contributed by atoms with Crippen molar-refractivity contribution in [1.82, 2.24) is 10.1 Å². The highest BCUT2D eigenvalue weighted by Crippen LogP contribution is 2.64. The van der Waals surface area contributed by atoms with Crippen LogP contribution in [0.1, 0.15) is 41.0 Å². The molecule has 0 spiro atoms. The molecule has 6 unspecified atom stereocenters. The van der Waals surface area contributed by atoms with Gasteiger partial charge in [-0.3, -0.25) is 29.8 Å². The molecule has 9 heteroatoms. The Morgan fingerprint density at radius 1 is 0.860 bits per heavy atom. The van der Waals surface area contributed by atoms with E-state index in [1.54, 1.807) is 31.2 Å². The second-order valence-corrected chi connectivity index (χ2v) is 12.1. The Morgan fingerprint density at radius 3 is 2.28 bits per heavy atom. The second-order valence-electron chi connectivity index (χ2n) is 12.1. The average molecular weight is 578 g/mol. The molecule has 0 radical (unpaired) electrons. The number of benzene rings is 3. The quantitative estimate of drug-likeness (QED) is 0.239. The Hall–Kier alpha value is -4.76. The first-order valence-electron chi connectivity index (χ1n) is 14.5. The highest BCUT2D eigenvalue weighted by molar-refractivity contribution is 6.13. The number of rotatable bonds is 4. The number of phenolic OH excluding ortho intramolecular Hbond substituents is 1. The van der Waals surface area contributed by atoms with E-state index in [1.807, 2.05) is 61.5 Å². The van der Waals surface area contributed by atoms with E-state index in [-0.39, 0.29) is 23.7 Å². The van der Waals surface area contributed by atoms with Crippen LogP contribution in [-0.2, 0) is 24.6 Å². The van der Waals surface area contributed by atoms with Crippen molar-refractivity contribution < 1.29 is 29.5 Å². The molecule has 218 valence electrons. The summed E-state index contributed by atoms with van der Waals surface area (Å²) in [5.74, 6) is -5.73. The molecule has 0 aromatic heterocycles. The SMILES string of the molecule is Cc1ccc(NN2C(=O)C3CC4C(=CCC5C(=O)N(O)C(=O)C54)C(c4ccc(O)c(C)c4)C3(c3ccccc3)C2=O)cc1. The number of carbonyl (C=O) groups is 4. The van der Waals surface area contributed by atoms with Gasteiger partial charge in [0.15, 0.2) is 0 Å². The number of hydroxylamine groups is 2. The molecule has 6 atom stereocenters. The molecule has 2 saturated heterocycles. The van der Waals surface area contributed by atoms with Gasteiger partial charge >= 0.3 is 0 Å². The lowest BCUT2D eigenvalue weighted by atomic mass is 9.49. The third-order valence-corrected chi connectivity index (χ3v) is 9.92. The molecular weight excluding hydrogens is 546 g/mol. The lowest BCUT2D eigenvalue weighted by molar-refractivity contribution is -0.173. The largest absolute Gasteiger partial charge is 0.508 e. The van der Waals surface area contributed by atoms with Crippen molar-refractivity contribution in [3.8, 4) is 5.75 Å². The number of anilines is 1. The van der Waals surface area contributed by atoms with Gasteiger partial charge in [0.25, 0.3) is 23.6 Å². The Labute approximate surface area is 248 Å². The van der Waals surface area contributed by atoms with E-state index < -0.39 is 58.6 Å². The molecule has 3 aromatic rings. The van der Waals surface area contributed by atoms with Gasteiger partial charge in [0, 0.05) is 5.92 Å². The number of nitrogens with zero attached hydrogens (tertiary/aromatic N) is 2. The van der Waals surface area contributed by atoms with Crippen molar-refractivity contribution in [3.05, 3.63) is 107 Å². The van der Waals surface area contributed by atoms with Crippen LogP contribution in [0.15, 0.2) is 84.4 Å². The lowest BCUT2D eigenvalue weighted by Crippen LogP contribution is -2.53. The number of hydrogen-bond donors (Lipinski definition) is 3. The topological polar surface area (TPSA) is 127 Å². The average Bonchev–Trinajstić information content (AvgIpc) is 3.36. The molecule has 2 aliphatic heterocycles. The monoisotopic (exact) mass is 577 g/mol. The Balaban J connectivity index is 1.47. The number of hydrogen-bond acceptors (Lipinski definition) is 7. The van der Waals surface area contributed by atoms with E-state index >= 15 is 0 Å². The van der Waals surface area contributed by atoms with E-state index in [9.17, 15) is 29.5 Å². The maximum Gasteiger partial charge on any atom is 0.260 e. The van der Waals surface area contributed by atoms with Crippen LogP contribution in [0.25, 0.3) is 0 Å². The summed E-state index contributed by atoms with van der Waals surface area (Å²) in [5.41, 5.74) is 6.08. The summed E-state index contributed by atoms with van der Waals surface area (Å²) in [5, 5.41) is 22.1. The number of phenols is 1. The minimum atomic E-state index is -1.38.